The molecular formula is C20H16F2. The molecule has 3 rings (SSSR count). The van der Waals surface area contributed by atoms with Gasteiger partial charge in [0.1, 0.15) is 13.3 Å². The Balaban J connectivity index is 1.84. The van der Waals surface area contributed by atoms with Gasteiger partial charge in [0.25, 0.3) is 0 Å². The van der Waals surface area contributed by atoms with Gasteiger partial charge < -0.3 is 0 Å². The first-order chi connectivity index (χ1) is 10.8. The topological polar surface area (TPSA) is 0 Å². The van der Waals surface area contributed by atoms with Crippen molar-refractivity contribution in [2.75, 3.05) is 0 Å². The van der Waals surface area contributed by atoms with E-state index < -0.39 is 13.3 Å². The lowest BCUT2D eigenvalue weighted by molar-refractivity contribution is 0.485. The van der Waals surface area contributed by atoms with Crippen LogP contribution in [0.2, 0.25) is 0 Å². The molecular weight excluding hydrogens is 278 g/mol. The summed E-state index contributed by atoms with van der Waals surface area (Å²) < 4.78 is 25.1. The molecule has 0 aliphatic heterocycles. The average Bonchev–Trinajstić information content (AvgIpc) is 2.62. The van der Waals surface area contributed by atoms with Gasteiger partial charge in [0.2, 0.25) is 0 Å². The summed E-state index contributed by atoms with van der Waals surface area (Å²) in [6, 6.07) is 23.1. The van der Waals surface area contributed by atoms with Crippen LogP contribution in [0.25, 0.3) is 22.3 Å². The fourth-order valence-corrected chi connectivity index (χ4v) is 2.43. The number of benzene rings is 3. The number of hydrogen-bond donors (Lipinski definition) is 0. The fourth-order valence-electron chi connectivity index (χ4n) is 2.43. The molecule has 0 heterocycles. The minimum absolute atomic E-state index is 0.436. The van der Waals surface area contributed by atoms with Crippen molar-refractivity contribution in [3.05, 3.63) is 83.9 Å². The SMILES string of the molecule is FCc1ccc(-c2ccc(-c3ccc(CF)cc3)cc2)cc1. The van der Waals surface area contributed by atoms with Crippen LogP contribution < -0.4 is 0 Å². The Labute approximate surface area is 129 Å². The van der Waals surface area contributed by atoms with Gasteiger partial charge in [-0.15, -0.1) is 0 Å². The van der Waals surface area contributed by atoms with Crippen LogP contribution >= 0.6 is 0 Å². The zero-order chi connectivity index (χ0) is 15.4. The molecule has 0 amide bonds. The quantitative estimate of drug-likeness (QED) is 0.557. The van der Waals surface area contributed by atoms with E-state index in [1.165, 1.54) is 0 Å². The highest BCUT2D eigenvalue weighted by Crippen LogP contribution is 2.25. The summed E-state index contributed by atoms with van der Waals surface area (Å²) in [5, 5.41) is 0. The van der Waals surface area contributed by atoms with Gasteiger partial charge in [-0.25, -0.2) is 8.78 Å². The summed E-state index contributed by atoms with van der Waals surface area (Å²) >= 11 is 0. The van der Waals surface area contributed by atoms with Crippen LogP contribution in [0.5, 0.6) is 0 Å². The lowest BCUT2D eigenvalue weighted by Gasteiger charge is -2.06. The molecule has 0 unspecified atom stereocenters. The molecule has 110 valence electrons. The van der Waals surface area contributed by atoms with E-state index >= 15 is 0 Å². The molecule has 0 saturated carbocycles. The summed E-state index contributed by atoms with van der Waals surface area (Å²) in [5.41, 5.74) is 5.69. The predicted octanol–water partition coefficient (Wildman–Crippen LogP) is 5.96. The van der Waals surface area contributed by atoms with E-state index in [-0.39, 0.29) is 0 Å². The highest BCUT2D eigenvalue weighted by Gasteiger charge is 2.01. The van der Waals surface area contributed by atoms with Crippen molar-refractivity contribution in [1.82, 2.24) is 0 Å². The third kappa shape index (κ3) is 3.06. The minimum Gasteiger partial charge on any atom is -0.246 e. The van der Waals surface area contributed by atoms with Crippen LogP contribution in [0.4, 0.5) is 8.78 Å². The van der Waals surface area contributed by atoms with Gasteiger partial charge in [-0.05, 0) is 33.4 Å². The highest BCUT2D eigenvalue weighted by molar-refractivity contribution is 5.70. The van der Waals surface area contributed by atoms with Gasteiger partial charge in [-0.1, -0.05) is 72.8 Å². The van der Waals surface area contributed by atoms with Crippen molar-refractivity contribution in [3.8, 4) is 22.3 Å². The Hall–Kier alpha value is -2.48. The molecule has 0 spiro atoms. The maximum absolute atomic E-state index is 12.5. The second-order valence-electron chi connectivity index (χ2n) is 5.24. The third-order valence-corrected chi connectivity index (χ3v) is 3.77. The predicted molar refractivity (Wildman–Crippen MR) is 86.9 cm³/mol. The van der Waals surface area contributed by atoms with Crippen molar-refractivity contribution in [2.24, 2.45) is 0 Å². The lowest BCUT2D eigenvalue weighted by atomic mass is 9.99. The normalized spacial score (nSPS) is 10.6. The maximum Gasteiger partial charge on any atom is 0.115 e. The van der Waals surface area contributed by atoms with Gasteiger partial charge in [-0.3, -0.25) is 0 Å². The molecule has 0 aliphatic carbocycles. The largest absolute Gasteiger partial charge is 0.246 e. The number of hydrogen-bond acceptors (Lipinski definition) is 0. The van der Waals surface area contributed by atoms with Crippen LogP contribution in [0.3, 0.4) is 0 Å². The van der Waals surface area contributed by atoms with Crippen LogP contribution in [0, 0.1) is 0 Å². The molecule has 2 heteroatoms. The van der Waals surface area contributed by atoms with Crippen LogP contribution in [-0.2, 0) is 13.3 Å². The number of rotatable bonds is 4. The Morgan fingerprint density at radius 1 is 0.409 bits per heavy atom. The smallest absolute Gasteiger partial charge is 0.115 e. The molecule has 3 aromatic rings. The van der Waals surface area contributed by atoms with E-state index in [0.717, 1.165) is 22.3 Å². The Bertz CT molecular complexity index is 660. The van der Waals surface area contributed by atoms with Crippen LogP contribution in [-0.4, -0.2) is 0 Å². The molecule has 0 radical (unpaired) electrons. The Morgan fingerprint density at radius 3 is 0.864 bits per heavy atom. The second kappa shape index (κ2) is 6.52. The Morgan fingerprint density at radius 2 is 0.636 bits per heavy atom. The monoisotopic (exact) mass is 294 g/mol. The molecule has 0 aromatic heterocycles. The van der Waals surface area contributed by atoms with Crippen LogP contribution in [0.15, 0.2) is 72.8 Å². The molecule has 0 aliphatic rings. The molecule has 0 N–H and O–H groups in total. The lowest BCUT2D eigenvalue weighted by Crippen LogP contribution is -1.83. The van der Waals surface area contributed by atoms with Gasteiger partial charge in [0, 0.05) is 0 Å². The summed E-state index contributed by atoms with van der Waals surface area (Å²) in [6.07, 6.45) is 0. The number of halogens is 2. The van der Waals surface area contributed by atoms with Gasteiger partial charge in [-0.2, -0.15) is 0 Å². The van der Waals surface area contributed by atoms with Gasteiger partial charge >= 0.3 is 0 Å². The fraction of sp³-hybridized carbons (Fsp3) is 0.100. The van der Waals surface area contributed by atoms with Crippen molar-refractivity contribution < 1.29 is 8.78 Å². The van der Waals surface area contributed by atoms with Crippen molar-refractivity contribution in [3.63, 3.8) is 0 Å². The first-order valence-corrected chi connectivity index (χ1v) is 7.21. The summed E-state index contributed by atoms with van der Waals surface area (Å²) in [7, 11) is 0. The maximum atomic E-state index is 12.5. The van der Waals surface area contributed by atoms with E-state index in [1.54, 1.807) is 24.3 Å². The number of alkyl halides is 2. The van der Waals surface area contributed by atoms with E-state index in [1.807, 2.05) is 48.5 Å². The molecule has 0 atom stereocenters. The molecule has 22 heavy (non-hydrogen) atoms. The molecule has 0 nitrogen and oxygen atoms in total. The first-order valence-electron chi connectivity index (χ1n) is 7.21. The zero-order valence-corrected chi connectivity index (χ0v) is 12.1. The summed E-state index contributed by atoms with van der Waals surface area (Å²) in [4.78, 5) is 0. The van der Waals surface area contributed by atoms with E-state index in [9.17, 15) is 8.78 Å². The van der Waals surface area contributed by atoms with Gasteiger partial charge in [0.05, 0.1) is 0 Å². The van der Waals surface area contributed by atoms with Crippen molar-refractivity contribution in [2.45, 2.75) is 13.3 Å². The average molecular weight is 294 g/mol. The van der Waals surface area contributed by atoms with Crippen molar-refractivity contribution in [1.29, 1.82) is 0 Å². The van der Waals surface area contributed by atoms with Crippen molar-refractivity contribution >= 4 is 0 Å². The molecule has 0 bridgehead atoms. The van der Waals surface area contributed by atoms with E-state index in [4.69, 9.17) is 0 Å². The summed E-state index contributed by atoms with van der Waals surface area (Å²) in [6.45, 7) is -0.873. The third-order valence-electron chi connectivity index (χ3n) is 3.77. The standard InChI is InChI=1S/C20H16F2/c21-13-15-1-5-17(6-2-15)19-9-11-20(12-10-19)18-7-3-16(14-22)4-8-18/h1-12H,13-14H2. The minimum atomic E-state index is -0.436. The highest BCUT2D eigenvalue weighted by atomic mass is 19.1. The van der Waals surface area contributed by atoms with E-state index in [2.05, 4.69) is 0 Å². The summed E-state index contributed by atoms with van der Waals surface area (Å²) in [5.74, 6) is 0. The molecule has 0 saturated heterocycles. The second-order valence-corrected chi connectivity index (χ2v) is 5.24. The molecule has 3 aromatic carbocycles. The Kier molecular flexibility index (Phi) is 4.29. The van der Waals surface area contributed by atoms with Gasteiger partial charge in [0.15, 0.2) is 0 Å². The zero-order valence-electron chi connectivity index (χ0n) is 12.1. The first kappa shape index (κ1) is 14.5. The van der Waals surface area contributed by atoms with Crippen LogP contribution in [0.1, 0.15) is 11.1 Å². The molecule has 0 fully saturated rings. The van der Waals surface area contributed by atoms with E-state index in [0.29, 0.717) is 11.1 Å².